The summed E-state index contributed by atoms with van der Waals surface area (Å²) in [6.45, 7) is 4.65. The first-order chi connectivity index (χ1) is 14.5. The number of hydrogen-bond acceptors (Lipinski definition) is 5. The van der Waals surface area contributed by atoms with E-state index in [0.29, 0.717) is 24.6 Å². The monoisotopic (exact) mass is 410 g/mol. The number of likely N-dealkylation sites (tertiary alicyclic amines) is 1. The maximum absolute atomic E-state index is 12.1. The molecule has 3 rings (SSSR count). The number of piperidine rings is 1. The number of amides is 2. The van der Waals surface area contributed by atoms with Gasteiger partial charge in [-0.1, -0.05) is 18.2 Å². The minimum Gasteiger partial charge on any atom is -0.383 e. The summed E-state index contributed by atoms with van der Waals surface area (Å²) < 4.78 is 5.05. The molecule has 0 bridgehead atoms. The molecule has 1 aliphatic heterocycles. The van der Waals surface area contributed by atoms with Crippen LogP contribution in [-0.2, 0) is 9.53 Å². The molecule has 2 heterocycles. The molecule has 7 nitrogen and oxygen atoms in total. The molecule has 1 fully saturated rings. The van der Waals surface area contributed by atoms with Crippen molar-refractivity contribution in [2.75, 3.05) is 33.4 Å². The summed E-state index contributed by atoms with van der Waals surface area (Å²) in [5.74, 6) is 0.0224. The molecule has 2 aromatic rings. The zero-order valence-corrected chi connectivity index (χ0v) is 17.6. The van der Waals surface area contributed by atoms with E-state index in [1.54, 1.807) is 19.2 Å². The van der Waals surface area contributed by atoms with E-state index in [4.69, 9.17) is 10.5 Å². The molecule has 30 heavy (non-hydrogen) atoms. The summed E-state index contributed by atoms with van der Waals surface area (Å²) in [5, 5.41) is 2.96. The molecule has 1 aromatic carbocycles. The normalized spacial score (nSPS) is 16.2. The molecule has 0 radical (unpaired) electrons. The van der Waals surface area contributed by atoms with Crippen LogP contribution in [0.5, 0.6) is 0 Å². The number of hydrogen-bond donors (Lipinski definition) is 2. The molecule has 0 spiro atoms. The predicted octanol–water partition coefficient (Wildman–Crippen LogP) is 2.18. The number of nitrogens with zero attached hydrogens (tertiary/aromatic N) is 2. The van der Waals surface area contributed by atoms with E-state index < -0.39 is 5.91 Å². The van der Waals surface area contributed by atoms with Crippen molar-refractivity contribution in [3.63, 3.8) is 0 Å². The van der Waals surface area contributed by atoms with Gasteiger partial charge >= 0.3 is 0 Å². The predicted molar refractivity (Wildman–Crippen MR) is 116 cm³/mol. The maximum atomic E-state index is 12.1. The van der Waals surface area contributed by atoms with Crippen LogP contribution < -0.4 is 11.1 Å². The number of carbonyl (C=O) groups excluding carboxylic acids is 2. The van der Waals surface area contributed by atoms with Gasteiger partial charge in [-0.15, -0.1) is 0 Å². The van der Waals surface area contributed by atoms with Crippen molar-refractivity contribution < 1.29 is 14.3 Å². The number of methoxy groups -OCH3 is 1. The molecule has 1 saturated heterocycles. The lowest BCUT2D eigenvalue weighted by Crippen LogP contribution is -2.44. The van der Waals surface area contributed by atoms with Crippen LogP contribution in [0.2, 0.25) is 0 Å². The van der Waals surface area contributed by atoms with Gasteiger partial charge < -0.3 is 15.8 Å². The lowest BCUT2D eigenvalue weighted by atomic mass is 9.92. The number of carbonyl (C=O) groups is 2. The minimum absolute atomic E-state index is 0.0229. The largest absolute Gasteiger partial charge is 0.383 e. The SMILES string of the molecule is COC[C@@H](C)NC(=O)CN1CCC(c2ccc(-c3ccc(C(N)=O)cc3)cn2)CC1. The number of nitrogens with two attached hydrogens (primary N) is 1. The van der Waals surface area contributed by atoms with E-state index in [9.17, 15) is 9.59 Å². The van der Waals surface area contributed by atoms with E-state index in [2.05, 4.69) is 27.3 Å². The Morgan fingerprint density at radius 1 is 1.17 bits per heavy atom. The van der Waals surface area contributed by atoms with Crippen LogP contribution in [0.25, 0.3) is 11.1 Å². The van der Waals surface area contributed by atoms with E-state index in [1.165, 1.54) is 0 Å². The first-order valence-corrected chi connectivity index (χ1v) is 10.3. The van der Waals surface area contributed by atoms with Crippen LogP contribution in [0.3, 0.4) is 0 Å². The summed E-state index contributed by atoms with van der Waals surface area (Å²) in [4.78, 5) is 30.2. The van der Waals surface area contributed by atoms with Crippen molar-refractivity contribution in [3.8, 4) is 11.1 Å². The fourth-order valence-corrected chi connectivity index (χ4v) is 3.85. The Labute approximate surface area is 177 Å². The second-order valence-electron chi connectivity index (χ2n) is 7.89. The summed E-state index contributed by atoms with van der Waals surface area (Å²) in [5.41, 5.74) is 8.89. The Hall–Kier alpha value is -2.77. The molecule has 160 valence electrons. The summed E-state index contributed by atoms with van der Waals surface area (Å²) >= 11 is 0. The highest BCUT2D eigenvalue weighted by Gasteiger charge is 2.23. The van der Waals surface area contributed by atoms with Gasteiger partial charge in [0.2, 0.25) is 11.8 Å². The fourth-order valence-electron chi connectivity index (χ4n) is 3.85. The second-order valence-corrected chi connectivity index (χ2v) is 7.89. The van der Waals surface area contributed by atoms with Gasteiger partial charge in [-0.25, -0.2) is 0 Å². The highest BCUT2D eigenvalue weighted by Crippen LogP contribution is 2.28. The van der Waals surface area contributed by atoms with Gasteiger partial charge in [0.05, 0.1) is 13.2 Å². The van der Waals surface area contributed by atoms with Crippen molar-refractivity contribution in [1.82, 2.24) is 15.2 Å². The number of benzene rings is 1. The van der Waals surface area contributed by atoms with Gasteiger partial charge in [-0.3, -0.25) is 19.5 Å². The van der Waals surface area contributed by atoms with Crippen molar-refractivity contribution >= 4 is 11.8 Å². The van der Waals surface area contributed by atoms with Crippen LogP contribution in [0, 0.1) is 0 Å². The third kappa shape index (κ3) is 5.87. The van der Waals surface area contributed by atoms with Gasteiger partial charge in [0.15, 0.2) is 0 Å². The standard InChI is InChI=1S/C23H30N4O3/c1-16(15-30-2)26-22(28)14-27-11-9-18(10-12-27)21-8-7-20(13-25-21)17-3-5-19(6-4-17)23(24)29/h3-8,13,16,18H,9-12,14-15H2,1-2H3,(H2,24,29)(H,26,28)/t16-/m1/s1. The summed E-state index contributed by atoms with van der Waals surface area (Å²) in [7, 11) is 1.63. The summed E-state index contributed by atoms with van der Waals surface area (Å²) in [6, 6.07) is 11.4. The Kier molecular flexibility index (Phi) is 7.54. The lowest BCUT2D eigenvalue weighted by molar-refractivity contribution is -0.123. The number of pyridine rings is 1. The van der Waals surface area contributed by atoms with Gasteiger partial charge in [0, 0.05) is 42.1 Å². The quantitative estimate of drug-likeness (QED) is 0.695. The first kappa shape index (κ1) is 21.9. The number of primary amides is 1. The van der Waals surface area contributed by atoms with Gasteiger partial charge in [0.1, 0.15) is 0 Å². The highest BCUT2D eigenvalue weighted by atomic mass is 16.5. The molecular weight excluding hydrogens is 380 g/mol. The van der Waals surface area contributed by atoms with Crippen LogP contribution >= 0.6 is 0 Å². The van der Waals surface area contributed by atoms with Crippen LogP contribution in [0.1, 0.15) is 41.7 Å². The molecule has 0 saturated carbocycles. The molecular formula is C23H30N4O3. The Balaban J connectivity index is 1.51. The van der Waals surface area contributed by atoms with Crippen LogP contribution in [-0.4, -0.2) is 61.1 Å². The van der Waals surface area contributed by atoms with E-state index >= 15 is 0 Å². The molecule has 1 atom stereocenters. The number of aromatic nitrogens is 1. The first-order valence-electron chi connectivity index (χ1n) is 10.3. The Morgan fingerprint density at radius 3 is 2.40 bits per heavy atom. The number of rotatable bonds is 8. The smallest absolute Gasteiger partial charge is 0.248 e. The van der Waals surface area contributed by atoms with Crippen molar-refractivity contribution in [2.24, 2.45) is 5.73 Å². The minimum atomic E-state index is -0.427. The second kappa shape index (κ2) is 10.3. The van der Waals surface area contributed by atoms with Gasteiger partial charge in [-0.2, -0.15) is 0 Å². The molecule has 0 aliphatic carbocycles. The van der Waals surface area contributed by atoms with Gasteiger partial charge in [0.25, 0.3) is 0 Å². The lowest BCUT2D eigenvalue weighted by Gasteiger charge is -2.31. The van der Waals surface area contributed by atoms with Crippen molar-refractivity contribution in [2.45, 2.75) is 31.7 Å². The molecule has 7 heteroatoms. The molecule has 0 unspecified atom stereocenters. The zero-order chi connectivity index (χ0) is 21.5. The Morgan fingerprint density at radius 2 is 1.83 bits per heavy atom. The number of ether oxygens (including phenoxy) is 1. The third-order valence-corrected chi connectivity index (χ3v) is 5.49. The number of nitrogens with one attached hydrogen (secondary N) is 1. The maximum Gasteiger partial charge on any atom is 0.248 e. The van der Waals surface area contributed by atoms with Gasteiger partial charge in [-0.05, 0) is 56.6 Å². The highest BCUT2D eigenvalue weighted by molar-refractivity contribution is 5.93. The molecule has 1 aromatic heterocycles. The van der Waals surface area contributed by atoms with Crippen molar-refractivity contribution in [3.05, 3.63) is 53.9 Å². The van der Waals surface area contributed by atoms with E-state index in [0.717, 1.165) is 42.8 Å². The van der Waals surface area contributed by atoms with Crippen LogP contribution in [0.4, 0.5) is 0 Å². The van der Waals surface area contributed by atoms with Crippen molar-refractivity contribution in [1.29, 1.82) is 0 Å². The molecule has 2 amide bonds. The Bertz CT molecular complexity index is 844. The topological polar surface area (TPSA) is 97.5 Å². The third-order valence-electron chi connectivity index (χ3n) is 5.49. The zero-order valence-electron chi connectivity index (χ0n) is 17.6. The molecule has 1 aliphatic rings. The van der Waals surface area contributed by atoms with E-state index in [1.807, 2.05) is 25.3 Å². The average molecular weight is 411 g/mol. The summed E-state index contributed by atoms with van der Waals surface area (Å²) in [6.07, 6.45) is 3.85. The molecule has 3 N–H and O–H groups in total. The fraction of sp³-hybridized carbons (Fsp3) is 0.435. The van der Waals surface area contributed by atoms with Crippen LogP contribution in [0.15, 0.2) is 42.6 Å². The average Bonchev–Trinajstić information content (AvgIpc) is 2.74. The van der Waals surface area contributed by atoms with E-state index in [-0.39, 0.29) is 11.9 Å².